The lowest BCUT2D eigenvalue weighted by atomic mass is 9.89. The van der Waals surface area contributed by atoms with E-state index < -0.39 is 0 Å². The zero-order valence-corrected chi connectivity index (χ0v) is 20.6. The summed E-state index contributed by atoms with van der Waals surface area (Å²) in [6, 6.07) is 10.2. The number of carbonyl (C=O) groups is 2. The topological polar surface area (TPSA) is 52.7 Å². The van der Waals surface area contributed by atoms with Crippen LogP contribution in [0.4, 0.5) is 0 Å². The highest BCUT2D eigenvalue weighted by molar-refractivity contribution is 5.90. The number of benzene rings is 1. The van der Waals surface area contributed by atoms with Crippen LogP contribution in [0.2, 0.25) is 0 Å². The summed E-state index contributed by atoms with van der Waals surface area (Å²) < 4.78 is 0. The van der Waals surface area contributed by atoms with Gasteiger partial charge in [0.05, 0.1) is 6.04 Å². The summed E-state index contributed by atoms with van der Waals surface area (Å²) in [6.45, 7) is 11.6. The van der Waals surface area contributed by atoms with Gasteiger partial charge in [0, 0.05) is 26.2 Å². The van der Waals surface area contributed by atoms with Crippen LogP contribution in [0, 0.1) is 17.8 Å². The molecule has 5 heteroatoms. The summed E-state index contributed by atoms with van der Waals surface area (Å²) in [4.78, 5) is 30.8. The number of piperazine rings is 1. The fraction of sp³-hybridized carbons (Fsp3) is 0.704. The summed E-state index contributed by atoms with van der Waals surface area (Å²) in [6.07, 6.45) is 6.01. The first-order valence-corrected chi connectivity index (χ1v) is 12.7. The first-order chi connectivity index (χ1) is 15.3. The second-order valence-corrected chi connectivity index (χ2v) is 10.6. The van der Waals surface area contributed by atoms with Crippen molar-refractivity contribution >= 4 is 11.8 Å². The summed E-state index contributed by atoms with van der Waals surface area (Å²) >= 11 is 0. The molecule has 0 aromatic heterocycles. The number of piperidine rings is 1. The normalized spacial score (nSPS) is 21.4. The lowest BCUT2D eigenvalue weighted by Gasteiger charge is -2.42. The molecule has 178 valence electrons. The molecule has 1 aromatic rings. The highest BCUT2D eigenvalue weighted by Gasteiger charge is 2.39. The molecule has 5 nitrogen and oxygen atoms in total. The van der Waals surface area contributed by atoms with Gasteiger partial charge in [-0.1, -0.05) is 58.0 Å². The van der Waals surface area contributed by atoms with Gasteiger partial charge >= 0.3 is 0 Å². The van der Waals surface area contributed by atoms with Crippen molar-refractivity contribution in [3.05, 3.63) is 35.9 Å². The predicted octanol–water partition coefficient (Wildman–Crippen LogP) is 4.12. The van der Waals surface area contributed by atoms with Crippen molar-refractivity contribution in [1.29, 1.82) is 0 Å². The summed E-state index contributed by atoms with van der Waals surface area (Å²) in [5.41, 5.74) is 1.40. The maximum absolute atomic E-state index is 13.6. The number of rotatable bonds is 9. The molecular formula is C27H43N3O2. The van der Waals surface area contributed by atoms with E-state index in [1.54, 1.807) is 0 Å². The van der Waals surface area contributed by atoms with E-state index in [1.165, 1.54) is 12.0 Å². The van der Waals surface area contributed by atoms with Gasteiger partial charge in [0.25, 0.3) is 0 Å². The van der Waals surface area contributed by atoms with Crippen LogP contribution in [0.25, 0.3) is 0 Å². The van der Waals surface area contributed by atoms with Gasteiger partial charge in [0.1, 0.15) is 6.04 Å². The van der Waals surface area contributed by atoms with E-state index in [2.05, 4.69) is 63.3 Å². The number of carbonyl (C=O) groups excluding carboxylic acids is 2. The molecule has 0 saturated carbocycles. The Morgan fingerprint density at radius 2 is 1.72 bits per heavy atom. The molecule has 0 radical (unpaired) electrons. The molecule has 0 spiro atoms. The molecule has 32 heavy (non-hydrogen) atoms. The maximum atomic E-state index is 13.6. The Morgan fingerprint density at radius 1 is 1.03 bits per heavy atom. The third-order valence-corrected chi connectivity index (χ3v) is 7.00. The Balaban J connectivity index is 1.58. The number of amides is 2. The zero-order valence-electron chi connectivity index (χ0n) is 20.6. The van der Waals surface area contributed by atoms with E-state index >= 15 is 0 Å². The average Bonchev–Trinajstić information content (AvgIpc) is 2.78. The second-order valence-electron chi connectivity index (χ2n) is 10.6. The van der Waals surface area contributed by atoms with Crippen LogP contribution < -0.4 is 5.32 Å². The molecule has 0 bridgehead atoms. The minimum atomic E-state index is -0.319. The van der Waals surface area contributed by atoms with Crippen molar-refractivity contribution in [1.82, 2.24) is 15.1 Å². The number of likely N-dealkylation sites (tertiary alicyclic amines) is 1. The highest BCUT2D eigenvalue weighted by atomic mass is 16.2. The largest absolute Gasteiger partial charge is 0.341 e. The van der Waals surface area contributed by atoms with E-state index in [4.69, 9.17) is 0 Å². The Morgan fingerprint density at radius 3 is 2.34 bits per heavy atom. The molecule has 2 aliphatic rings. The van der Waals surface area contributed by atoms with Crippen LogP contribution in [0.15, 0.2) is 30.3 Å². The zero-order chi connectivity index (χ0) is 23.1. The summed E-state index contributed by atoms with van der Waals surface area (Å²) in [5, 5.41) is 3.37. The van der Waals surface area contributed by atoms with Gasteiger partial charge in [0.15, 0.2) is 0 Å². The molecule has 2 amide bonds. The molecule has 2 fully saturated rings. The van der Waals surface area contributed by atoms with Gasteiger partial charge in [0.2, 0.25) is 11.8 Å². The van der Waals surface area contributed by atoms with Crippen molar-refractivity contribution in [2.75, 3.05) is 26.2 Å². The Bertz CT molecular complexity index is 726. The van der Waals surface area contributed by atoms with E-state index in [1.807, 2.05) is 9.80 Å². The Kier molecular flexibility index (Phi) is 9.15. The van der Waals surface area contributed by atoms with E-state index in [-0.39, 0.29) is 23.9 Å². The first kappa shape index (κ1) is 24.8. The van der Waals surface area contributed by atoms with Gasteiger partial charge in [-0.3, -0.25) is 9.59 Å². The maximum Gasteiger partial charge on any atom is 0.245 e. The smallest absolute Gasteiger partial charge is 0.245 e. The van der Waals surface area contributed by atoms with Crippen molar-refractivity contribution < 1.29 is 9.59 Å². The Labute approximate surface area is 194 Å². The van der Waals surface area contributed by atoms with E-state index in [9.17, 15) is 9.59 Å². The van der Waals surface area contributed by atoms with Crippen molar-refractivity contribution in [2.45, 2.75) is 78.3 Å². The van der Waals surface area contributed by atoms with Crippen molar-refractivity contribution in [3.63, 3.8) is 0 Å². The van der Waals surface area contributed by atoms with Crippen molar-refractivity contribution in [3.8, 4) is 0 Å². The SMILES string of the molecule is CC(C)C[C@@H]1NCCN([C@@H](CC(C)C)C(=O)N2CCC(CCc3ccccc3)CC2)C1=O. The fourth-order valence-electron chi connectivity index (χ4n) is 5.20. The molecule has 0 aliphatic carbocycles. The predicted molar refractivity (Wildman–Crippen MR) is 130 cm³/mol. The summed E-state index contributed by atoms with van der Waals surface area (Å²) in [7, 11) is 0. The minimum Gasteiger partial charge on any atom is -0.341 e. The molecule has 0 unspecified atom stereocenters. The lowest BCUT2D eigenvalue weighted by molar-refractivity contribution is -0.150. The Hall–Kier alpha value is -1.88. The van der Waals surface area contributed by atoms with Crippen LogP contribution in [0.5, 0.6) is 0 Å². The fourth-order valence-corrected chi connectivity index (χ4v) is 5.20. The highest BCUT2D eigenvalue weighted by Crippen LogP contribution is 2.25. The van der Waals surface area contributed by atoms with Gasteiger partial charge in [-0.15, -0.1) is 0 Å². The van der Waals surface area contributed by atoms with Crippen LogP contribution in [0.1, 0.15) is 65.4 Å². The molecule has 3 rings (SSSR count). The van der Waals surface area contributed by atoms with Crippen LogP contribution in [-0.4, -0.2) is 59.9 Å². The van der Waals surface area contributed by atoms with Crippen molar-refractivity contribution in [2.24, 2.45) is 17.8 Å². The first-order valence-electron chi connectivity index (χ1n) is 12.7. The number of hydrogen-bond acceptors (Lipinski definition) is 3. The lowest BCUT2D eigenvalue weighted by Crippen LogP contribution is -2.62. The molecule has 2 saturated heterocycles. The average molecular weight is 442 g/mol. The summed E-state index contributed by atoms with van der Waals surface area (Å²) in [5.74, 6) is 1.78. The minimum absolute atomic E-state index is 0.113. The molecule has 2 aliphatic heterocycles. The molecular weight excluding hydrogens is 398 g/mol. The number of nitrogens with zero attached hydrogens (tertiary/aromatic N) is 2. The number of nitrogens with one attached hydrogen (secondary N) is 1. The molecule has 2 heterocycles. The number of aryl methyl sites for hydroxylation is 1. The molecule has 2 atom stereocenters. The molecule has 1 N–H and O–H groups in total. The third kappa shape index (κ3) is 6.81. The standard InChI is InChI=1S/C27H43N3O2/c1-20(2)18-24-26(31)30(17-14-28-24)25(19-21(3)4)27(32)29-15-12-23(13-16-29)11-10-22-8-6-5-7-9-22/h5-9,20-21,23-25,28H,10-19H2,1-4H3/t24-,25-/m0/s1. The second kappa shape index (κ2) is 11.8. The van der Waals surface area contributed by atoms with Crippen LogP contribution in [-0.2, 0) is 16.0 Å². The van der Waals surface area contributed by atoms with Gasteiger partial charge in [-0.25, -0.2) is 0 Å². The number of hydrogen-bond donors (Lipinski definition) is 1. The quantitative estimate of drug-likeness (QED) is 0.627. The van der Waals surface area contributed by atoms with Crippen LogP contribution >= 0.6 is 0 Å². The van der Waals surface area contributed by atoms with Gasteiger partial charge < -0.3 is 15.1 Å². The third-order valence-electron chi connectivity index (χ3n) is 7.00. The van der Waals surface area contributed by atoms with Crippen LogP contribution in [0.3, 0.4) is 0 Å². The molecule has 1 aromatic carbocycles. The van der Waals surface area contributed by atoms with Gasteiger partial charge in [-0.05, 0) is 61.8 Å². The van der Waals surface area contributed by atoms with E-state index in [0.29, 0.717) is 24.3 Å². The van der Waals surface area contributed by atoms with E-state index in [0.717, 1.165) is 51.7 Å². The monoisotopic (exact) mass is 441 g/mol. The van der Waals surface area contributed by atoms with Gasteiger partial charge in [-0.2, -0.15) is 0 Å².